The van der Waals surface area contributed by atoms with Gasteiger partial charge in [-0.05, 0) is 17.7 Å². The number of aromatic nitrogens is 2. The fourth-order valence-corrected chi connectivity index (χ4v) is 3.58. The van der Waals surface area contributed by atoms with Gasteiger partial charge in [0.05, 0.1) is 24.8 Å². The number of halogens is 3. The van der Waals surface area contributed by atoms with Crippen molar-refractivity contribution in [2.45, 2.75) is 6.54 Å². The lowest BCUT2D eigenvalue weighted by molar-refractivity contribution is 0.0594. The Morgan fingerprint density at radius 3 is 2.50 bits per heavy atom. The van der Waals surface area contributed by atoms with E-state index in [1.165, 1.54) is 26.4 Å². The SMILES string of the molecule is C=CCN(Cc1ccccc1)c1nc(-c2ccc(Cl)c(OC)c2F)nc(C(=O)OC)c1Cl. The number of hydrogen-bond donors (Lipinski definition) is 0. The number of ether oxygens (including phenoxy) is 2. The zero-order chi connectivity index (χ0) is 23.3. The second-order valence-electron chi connectivity index (χ2n) is 6.62. The van der Waals surface area contributed by atoms with Crippen molar-refractivity contribution >= 4 is 35.0 Å². The first-order valence-electron chi connectivity index (χ1n) is 9.49. The van der Waals surface area contributed by atoms with Gasteiger partial charge < -0.3 is 14.4 Å². The van der Waals surface area contributed by atoms with E-state index in [9.17, 15) is 4.79 Å². The molecule has 0 spiro atoms. The lowest BCUT2D eigenvalue weighted by atomic mass is 10.1. The maximum absolute atomic E-state index is 15.1. The number of rotatable bonds is 8. The number of benzene rings is 2. The van der Waals surface area contributed by atoms with Crippen LogP contribution in [0.5, 0.6) is 5.75 Å². The smallest absolute Gasteiger partial charge is 0.358 e. The van der Waals surface area contributed by atoms with Crippen molar-refractivity contribution in [3.05, 3.63) is 82.2 Å². The first kappa shape index (κ1) is 23.5. The Balaban J connectivity index is 2.21. The van der Waals surface area contributed by atoms with Crippen LogP contribution in [0.25, 0.3) is 11.4 Å². The van der Waals surface area contributed by atoms with Crippen molar-refractivity contribution in [1.82, 2.24) is 9.97 Å². The summed E-state index contributed by atoms with van der Waals surface area (Å²) in [7, 11) is 2.51. The maximum atomic E-state index is 15.1. The van der Waals surface area contributed by atoms with Gasteiger partial charge in [-0.1, -0.05) is 59.6 Å². The van der Waals surface area contributed by atoms with Crippen LogP contribution in [0, 0.1) is 5.82 Å². The molecule has 3 aromatic rings. The topological polar surface area (TPSA) is 64.5 Å². The molecule has 0 aliphatic carbocycles. The van der Waals surface area contributed by atoms with Gasteiger partial charge in [-0.25, -0.2) is 19.2 Å². The number of anilines is 1. The molecule has 6 nitrogen and oxygen atoms in total. The summed E-state index contributed by atoms with van der Waals surface area (Å²) in [6.45, 7) is 4.56. The molecule has 2 aromatic carbocycles. The first-order chi connectivity index (χ1) is 15.4. The molecule has 0 aliphatic rings. The Morgan fingerprint density at radius 2 is 1.88 bits per heavy atom. The standard InChI is InChI=1S/C23H20Cl2FN3O3/c1-4-12-29(13-14-8-6-5-7-9-14)22-17(25)19(23(30)32-3)27-21(28-22)15-10-11-16(24)20(31-2)18(15)26/h4-11H,1,12-13H2,2-3H3. The number of hydrogen-bond acceptors (Lipinski definition) is 6. The van der Waals surface area contributed by atoms with E-state index in [4.69, 9.17) is 32.7 Å². The van der Waals surface area contributed by atoms with Gasteiger partial charge in [0.15, 0.2) is 28.9 Å². The van der Waals surface area contributed by atoms with Crippen molar-refractivity contribution < 1.29 is 18.7 Å². The molecule has 0 bridgehead atoms. The van der Waals surface area contributed by atoms with Gasteiger partial charge >= 0.3 is 5.97 Å². The van der Waals surface area contributed by atoms with Crippen LogP contribution in [-0.4, -0.2) is 36.7 Å². The molecule has 0 N–H and O–H groups in total. The molecular weight excluding hydrogens is 456 g/mol. The van der Waals surface area contributed by atoms with Gasteiger partial charge in [-0.2, -0.15) is 0 Å². The lowest BCUT2D eigenvalue weighted by Crippen LogP contribution is -2.25. The quantitative estimate of drug-likeness (QED) is 0.313. The van der Waals surface area contributed by atoms with E-state index in [2.05, 4.69) is 16.5 Å². The van der Waals surface area contributed by atoms with Gasteiger partial charge in [-0.15, -0.1) is 6.58 Å². The normalized spacial score (nSPS) is 10.5. The third-order valence-electron chi connectivity index (χ3n) is 4.57. The summed E-state index contributed by atoms with van der Waals surface area (Å²) in [6, 6.07) is 12.5. The van der Waals surface area contributed by atoms with Gasteiger partial charge in [0, 0.05) is 13.1 Å². The number of esters is 1. The Labute approximate surface area is 195 Å². The monoisotopic (exact) mass is 475 g/mol. The molecule has 9 heteroatoms. The number of carbonyl (C=O) groups is 1. The summed E-state index contributed by atoms with van der Waals surface area (Å²) < 4.78 is 25.0. The van der Waals surface area contributed by atoms with Crippen LogP contribution in [-0.2, 0) is 11.3 Å². The highest BCUT2D eigenvalue weighted by molar-refractivity contribution is 6.35. The van der Waals surface area contributed by atoms with Crippen LogP contribution in [0.2, 0.25) is 10.0 Å². The van der Waals surface area contributed by atoms with Crippen molar-refractivity contribution in [3.63, 3.8) is 0 Å². The first-order valence-corrected chi connectivity index (χ1v) is 10.2. The van der Waals surface area contributed by atoms with Crippen molar-refractivity contribution in [2.24, 2.45) is 0 Å². The molecule has 166 valence electrons. The highest BCUT2D eigenvalue weighted by Crippen LogP contribution is 2.36. The molecule has 0 radical (unpaired) electrons. The zero-order valence-electron chi connectivity index (χ0n) is 17.4. The van der Waals surface area contributed by atoms with E-state index in [0.29, 0.717) is 13.1 Å². The third-order valence-corrected chi connectivity index (χ3v) is 5.22. The van der Waals surface area contributed by atoms with E-state index in [0.717, 1.165) is 5.56 Å². The molecule has 0 fully saturated rings. The Hall–Kier alpha value is -3.16. The number of nitrogens with zero attached hydrogens (tertiary/aromatic N) is 3. The molecular formula is C23H20Cl2FN3O3. The zero-order valence-corrected chi connectivity index (χ0v) is 19.0. The summed E-state index contributed by atoms with van der Waals surface area (Å²) in [6.07, 6.45) is 1.67. The van der Waals surface area contributed by atoms with Crippen molar-refractivity contribution in [2.75, 3.05) is 25.7 Å². The fraction of sp³-hybridized carbons (Fsp3) is 0.174. The van der Waals surface area contributed by atoms with Crippen LogP contribution in [0.15, 0.2) is 55.1 Å². The van der Waals surface area contributed by atoms with Crippen LogP contribution in [0.1, 0.15) is 16.1 Å². The fourth-order valence-electron chi connectivity index (χ4n) is 3.08. The average molecular weight is 476 g/mol. The molecule has 1 heterocycles. The van der Waals surface area contributed by atoms with Crippen LogP contribution >= 0.6 is 23.2 Å². The van der Waals surface area contributed by atoms with E-state index in [1.54, 1.807) is 11.0 Å². The molecule has 32 heavy (non-hydrogen) atoms. The third kappa shape index (κ3) is 4.84. The van der Waals surface area contributed by atoms with Gasteiger partial charge in [0.25, 0.3) is 0 Å². The highest BCUT2D eigenvalue weighted by atomic mass is 35.5. The van der Waals surface area contributed by atoms with Gasteiger partial charge in [0.1, 0.15) is 5.02 Å². The molecule has 0 aliphatic heterocycles. The van der Waals surface area contributed by atoms with Gasteiger partial charge in [-0.3, -0.25) is 0 Å². The van der Waals surface area contributed by atoms with E-state index < -0.39 is 11.8 Å². The lowest BCUT2D eigenvalue weighted by Gasteiger charge is -2.24. The highest BCUT2D eigenvalue weighted by Gasteiger charge is 2.25. The minimum Gasteiger partial charge on any atom is -0.492 e. The molecule has 0 unspecified atom stereocenters. The summed E-state index contributed by atoms with van der Waals surface area (Å²) >= 11 is 12.5. The average Bonchev–Trinajstić information content (AvgIpc) is 2.80. The Bertz CT molecular complexity index is 1140. The minimum absolute atomic E-state index is 0.00687. The summed E-state index contributed by atoms with van der Waals surface area (Å²) in [5.41, 5.74) is 0.779. The largest absolute Gasteiger partial charge is 0.492 e. The van der Waals surface area contributed by atoms with E-state index in [-0.39, 0.29) is 38.7 Å². The van der Waals surface area contributed by atoms with E-state index in [1.807, 2.05) is 30.3 Å². The summed E-state index contributed by atoms with van der Waals surface area (Å²) in [5, 5.41) is 0.0770. The van der Waals surface area contributed by atoms with Crippen LogP contribution < -0.4 is 9.64 Å². The second kappa shape index (κ2) is 10.4. The Kier molecular flexibility index (Phi) is 7.66. The molecule has 0 saturated heterocycles. The van der Waals surface area contributed by atoms with Crippen LogP contribution in [0.4, 0.5) is 10.2 Å². The predicted molar refractivity (Wildman–Crippen MR) is 123 cm³/mol. The van der Waals surface area contributed by atoms with Crippen molar-refractivity contribution in [3.8, 4) is 17.1 Å². The minimum atomic E-state index is -0.778. The van der Waals surface area contributed by atoms with Crippen LogP contribution in [0.3, 0.4) is 0 Å². The predicted octanol–water partition coefficient (Wildman–Crippen LogP) is 5.58. The van der Waals surface area contributed by atoms with Crippen molar-refractivity contribution in [1.29, 1.82) is 0 Å². The Morgan fingerprint density at radius 1 is 1.16 bits per heavy atom. The van der Waals surface area contributed by atoms with E-state index >= 15 is 4.39 Å². The maximum Gasteiger partial charge on any atom is 0.358 e. The number of methoxy groups -OCH3 is 2. The second-order valence-corrected chi connectivity index (χ2v) is 7.41. The molecule has 1 aromatic heterocycles. The molecule has 0 atom stereocenters. The number of carbonyl (C=O) groups excluding carboxylic acids is 1. The molecule has 0 amide bonds. The molecule has 3 rings (SSSR count). The summed E-state index contributed by atoms with van der Waals surface area (Å²) in [5.74, 6) is -1.54. The summed E-state index contributed by atoms with van der Waals surface area (Å²) in [4.78, 5) is 22.9. The molecule has 0 saturated carbocycles. The van der Waals surface area contributed by atoms with Gasteiger partial charge in [0.2, 0.25) is 0 Å².